The molecule has 0 radical (unpaired) electrons. The molecule has 0 saturated carbocycles. The summed E-state index contributed by atoms with van der Waals surface area (Å²) in [7, 11) is 1.63. The summed E-state index contributed by atoms with van der Waals surface area (Å²) in [6, 6.07) is 20.1. The molecule has 3 N–H and O–H groups in total. The molecule has 0 fully saturated rings. The molecule has 0 saturated heterocycles. The first-order valence-corrected chi connectivity index (χ1v) is 10.8. The lowest BCUT2D eigenvalue weighted by Crippen LogP contribution is -2.38. The van der Waals surface area contributed by atoms with E-state index in [9.17, 15) is 4.79 Å². The number of amides is 2. The number of ether oxygens (including phenoxy) is 1. The van der Waals surface area contributed by atoms with Gasteiger partial charge >= 0.3 is 6.03 Å². The summed E-state index contributed by atoms with van der Waals surface area (Å²) >= 11 is 12.3. The van der Waals surface area contributed by atoms with Gasteiger partial charge in [-0.1, -0.05) is 59.6 Å². The standard InChI is InChI=1S/C24H22Cl2N4O2/c1-32-17-11-9-15(10-12-17)13-21(23-28-19-7-2-3-8-20(19)29-23)30-24(31)27-14-16-5-4-6-18(25)22(16)26/h2-12,21H,13-14H2,1H3,(H,28,29)(H2,27,30,31)/t21-/m1/s1. The zero-order valence-corrected chi connectivity index (χ0v) is 18.9. The van der Waals surface area contributed by atoms with Gasteiger partial charge in [-0.05, 0) is 47.9 Å². The van der Waals surface area contributed by atoms with Gasteiger partial charge in [0.15, 0.2) is 0 Å². The van der Waals surface area contributed by atoms with Crippen molar-refractivity contribution in [2.24, 2.45) is 0 Å². The van der Waals surface area contributed by atoms with E-state index in [-0.39, 0.29) is 18.6 Å². The Morgan fingerprint density at radius 3 is 2.59 bits per heavy atom. The van der Waals surface area contributed by atoms with Gasteiger partial charge in [0.05, 0.1) is 34.2 Å². The Hall–Kier alpha value is -3.22. The molecule has 4 rings (SSSR count). The van der Waals surface area contributed by atoms with Gasteiger partial charge in [-0.2, -0.15) is 0 Å². The van der Waals surface area contributed by atoms with E-state index in [4.69, 9.17) is 27.9 Å². The Labute approximate surface area is 195 Å². The minimum absolute atomic E-state index is 0.251. The van der Waals surface area contributed by atoms with E-state index in [1.807, 2.05) is 54.6 Å². The van der Waals surface area contributed by atoms with Crippen molar-refractivity contribution in [3.63, 3.8) is 0 Å². The molecule has 1 heterocycles. The predicted molar refractivity (Wildman–Crippen MR) is 127 cm³/mol. The molecular weight excluding hydrogens is 447 g/mol. The number of imidazole rings is 1. The van der Waals surface area contributed by atoms with E-state index in [1.54, 1.807) is 19.2 Å². The molecular formula is C24H22Cl2N4O2. The minimum Gasteiger partial charge on any atom is -0.497 e. The van der Waals surface area contributed by atoms with E-state index in [1.165, 1.54) is 0 Å². The number of hydrogen-bond donors (Lipinski definition) is 3. The highest BCUT2D eigenvalue weighted by Gasteiger charge is 2.19. The fourth-order valence-electron chi connectivity index (χ4n) is 3.42. The molecule has 0 aliphatic carbocycles. The van der Waals surface area contributed by atoms with Crippen LogP contribution in [-0.2, 0) is 13.0 Å². The Bertz CT molecular complexity index is 1190. The van der Waals surface area contributed by atoms with Crippen LogP contribution in [0.2, 0.25) is 10.0 Å². The molecule has 164 valence electrons. The lowest BCUT2D eigenvalue weighted by Gasteiger charge is -2.18. The summed E-state index contributed by atoms with van der Waals surface area (Å²) in [5.74, 6) is 1.45. The highest BCUT2D eigenvalue weighted by Crippen LogP contribution is 2.25. The van der Waals surface area contributed by atoms with Crippen molar-refractivity contribution in [2.45, 2.75) is 19.0 Å². The third kappa shape index (κ3) is 5.15. The van der Waals surface area contributed by atoms with Gasteiger partial charge in [0.2, 0.25) is 0 Å². The van der Waals surface area contributed by atoms with Crippen LogP contribution in [-0.4, -0.2) is 23.1 Å². The van der Waals surface area contributed by atoms with Crippen molar-refractivity contribution < 1.29 is 9.53 Å². The van der Waals surface area contributed by atoms with Gasteiger partial charge in [-0.3, -0.25) is 0 Å². The van der Waals surface area contributed by atoms with E-state index in [2.05, 4.69) is 20.6 Å². The fraction of sp³-hybridized carbons (Fsp3) is 0.167. The number of urea groups is 1. The molecule has 3 aromatic carbocycles. The third-order valence-corrected chi connectivity index (χ3v) is 5.97. The van der Waals surface area contributed by atoms with Gasteiger partial charge < -0.3 is 20.4 Å². The number of nitrogens with one attached hydrogen (secondary N) is 3. The lowest BCUT2D eigenvalue weighted by molar-refractivity contribution is 0.236. The number of halogens is 2. The Kier molecular flexibility index (Phi) is 6.83. The first-order valence-electron chi connectivity index (χ1n) is 10.1. The Morgan fingerprint density at radius 2 is 1.84 bits per heavy atom. The molecule has 0 spiro atoms. The van der Waals surface area contributed by atoms with Crippen molar-refractivity contribution in [3.8, 4) is 5.75 Å². The summed E-state index contributed by atoms with van der Waals surface area (Å²) in [4.78, 5) is 20.7. The quantitative estimate of drug-likeness (QED) is 0.327. The number of aromatic amines is 1. The van der Waals surface area contributed by atoms with E-state index in [0.717, 1.165) is 27.9 Å². The van der Waals surface area contributed by atoms with Crippen LogP contribution in [0.3, 0.4) is 0 Å². The Balaban J connectivity index is 1.52. The minimum atomic E-state index is -0.370. The fourth-order valence-corrected chi connectivity index (χ4v) is 3.81. The van der Waals surface area contributed by atoms with Gasteiger partial charge in [0.25, 0.3) is 0 Å². The van der Waals surface area contributed by atoms with Crippen LogP contribution in [0.15, 0.2) is 66.7 Å². The van der Waals surface area contributed by atoms with Crippen molar-refractivity contribution in [3.05, 3.63) is 93.7 Å². The van der Waals surface area contributed by atoms with Gasteiger partial charge in [0.1, 0.15) is 11.6 Å². The molecule has 0 aliphatic heterocycles. The van der Waals surface area contributed by atoms with E-state index >= 15 is 0 Å². The first-order chi connectivity index (χ1) is 15.5. The van der Waals surface area contributed by atoms with Crippen LogP contribution in [0, 0.1) is 0 Å². The number of hydrogen-bond acceptors (Lipinski definition) is 3. The molecule has 32 heavy (non-hydrogen) atoms. The maximum Gasteiger partial charge on any atom is 0.315 e. The Morgan fingerprint density at radius 1 is 1.06 bits per heavy atom. The van der Waals surface area contributed by atoms with Crippen LogP contribution in [0.25, 0.3) is 11.0 Å². The predicted octanol–water partition coefficient (Wildman–Crippen LogP) is 5.66. The van der Waals surface area contributed by atoms with Gasteiger partial charge in [-0.25, -0.2) is 9.78 Å². The third-order valence-electron chi connectivity index (χ3n) is 5.11. The van der Waals surface area contributed by atoms with Crippen molar-refractivity contribution in [1.29, 1.82) is 0 Å². The summed E-state index contributed by atoms with van der Waals surface area (Å²) in [5, 5.41) is 6.76. The first kappa shape index (κ1) is 22.0. The number of nitrogens with zero attached hydrogens (tertiary/aromatic N) is 1. The van der Waals surface area contributed by atoms with Crippen LogP contribution in [0.1, 0.15) is 23.0 Å². The highest BCUT2D eigenvalue weighted by molar-refractivity contribution is 6.42. The molecule has 1 atom stereocenters. The maximum absolute atomic E-state index is 12.7. The van der Waals surface area contributed by atoms with Crippen molar-refractivity contribution in [1.82, 2.24) is 20.6 Å². The molecule has 1 aromatic heterocycles. The smallest absolute Gasteiger partial charge is 0.315 e. The van der Waals surface area contributed by atoms with Crippen LogP contribution >= 0.6 is 23.2 Å². The highest BCUT2D eigenvalue weighted by atomic mass is 35.5. The maximum atomic E-state index is 12.7. The average molecular weight is 469 g/mol. The SMILES string of the molecule is COc1ccc(C[C@@H](NC(=O)NCc2cccc(Cl)c2Cl)c2nc3ccccc3[nH]2)cc1. The lowest BCUT2D eigenvalue weighted by atomic mass is 10.1. The number of H-pyrrole nitrogens is 1. The van der Waals surface area contributed by atoms with E-state index < -0.39 is 0 Å². The van der Waals surface area contributed by atoms with E-state index in [0.29, 0.717) is 22.3 Å². The number of benzene rings is 3. The number of methoxy groups -OCH3 is 1. The molecule has 6 nitrogen and oxygen atoms in total. The number of para-hydroxylation sites is 2. The summed E-state index contributed by atoms with van der Waals surface area (Å²) in [6.07, 6.45) is 0.551. The molecule has 4 aromatic rings. The van der Waals surface area contributed by atoms with Crippen LogP contribution < -0.4 is 15.4 Å². The summed E-state index contributed by atoms with van der Waals surface area (Å²) < 4.78 is 5.24. The number of carbonyl (C=O) groups excluding carboxylic acids is 1. The monoisotopic (exact) mass is 468 g/mol. The number of carbonyl (C=O) groups is 1. The average Bonchev–Trinajstić information content (AvgIpc) is 3.24. The molecule has 0 unspecified atom stereocenters. The molecule has 0 bridgehead atoms. The van der Waals surface area contributed by atoms with Crippen molar-refractivity contribution >= 4 is 40.3 Å². The number of rotatable bonds is 7. The summed E-state index contributed by atoms with van der Waals surface area (Å²) in [6.45, 7) is 0.251. The molecule has 2 amide bonds. The molecule has 0 aliphatic rings. The van der Waals surface area contributed by atoms with Gasteiger partial charge in [-0.15, -0.1) is 0 Å². The van der Waals surface area contributed by atoms with Gasteiger partial charge in [0, 0.05) is 6.54 Å². The zero-order chi connectivity index (χ0) is 22.5. The topological polar surface area (TPSA) is 79.0 Å². The second-order valence-electron chi connectivity index (χ2n) is 7.28. The number of fused-ring (bicyclic) bond motifs is 1. The largest absolute Gasteiger partial charge is 0.497 e. The zero-order valence-electron chi connectivity index (χ0n) is 17.4. The van der Waals surface area contributed by atoms with Crippen LogP contribution in [0.5, 0.6) is 5.75 Å². The normalized spacial score (nSPS) is 11.8. The number of aromatic nitrogens is 2. The second kappa shape index (κ2) is 9.94. The molecule has 8 heteroatoms. The summed E-state index contributed by atoms with van der Waals surface area (Å²) in [5.41, 5.74) is 3.53. The van der Waals surface area contributed by atoms with Crippen molar-refractivity contribution in [2.75, 3.05) is 7.11 Å². The van der Waals surface area contributed by atoms with Crippen LogP contribution in [0.4, 0.5) is 4.79 Å². The second-order valence-corrected chi connectivity index (χ2v) is 8.07.